The summed E-state index contributed by atoms with van der Waals surface area (Å²) in [5, 5.41) is 0.820. The lowest BCUT2D eigenvalue weighted by atomic mass is 10.2. The van der Waals surface area contributed by atoms with E-state index in [-0.39, 0.29) is 0 Å². The van der Waals surface area contributed by atoms with Gasteiger partial charge in [0.15, 0.2) is 11.6 Å². The zero-order chi connectivity index (χ0) is 9.68. The van der Waals surface area contributed by atoms with Crippen LogP contribution in [0.2, 0.25) is 0 Å². The molecule has 1 aromatic carbocycles. The van der Waals surface area contributed by atoms with Crippen molar-refractivity contribution in [3.8, 4) is 0 Å². The van der Waals surface area contributed by atoms with Crippen LogP contribution in [0.4, 0.5) is 8.78 Å². The van der Waals surface area contributed by atoms with Gasteiger partial charge in [0, 0.05) is 10.9 Å². The molecule has 0 aliphatic carbocycles. The summed E-state index contributed by atoms with van der Waals surface area (Å²) < 4.78 is 25.7. The molecule has 0 nitrogen and oxygen atoms in total. The number of allylic oxidation sites excluding steroid dienone is 1. The number of alkyl halides is 1. The van der Waals surface area contributed by atoms with Gasteiger partial charge in [0.25, 0.3) is 0 Å². The molecule has 1 aromatic rings. The SMILES string of the molecule is Fc1cccc(C=CCCBr)c1F. The normalized spacial score (nSPS) is 11.0. The summed E-state index contributed by atoms with van der Waals surface area (Å²) in [5.41, 5.74) is 0.293. The van der Waals surface area contributed by atoms with Crippen molar-refractivity contribution in [1.82, 2.24) is 0 Å². The van der Waals surface area contributed by atoms with Gasteiger partial charge < -0.3 is 0 Å². The van der Waals surface area contributed by atoms with E-state index in [0.29, 0.717) is 5.56 Å². The Bertz CT molecular complexity index is 308. The van der Waals surface area contributed by atoms with Crippen LogP contribution in [0.5, 0.6) is 0 Å². The lowest BCUT2D eigenvalue weighted by molar-refractivity contribution is 0.507. The summed E-state index contributed by atoms with van der Waals surface area (Å²) in [6.07, 6.45) is 4.18. The third-order valence-electron chi connectivity index (χ3n) is 1.55. The molecule has 0 aliphatic heterocycles. The molecule has 13 heavy (non-hydrogen) atoms. The van der Waals surface area contributed by atoms with E-state index in [1.54, 1.807) is 18.2 Å². The average Bonchev–Trinajstić information content (AvgIpc) is 2.13. The average molecular weight is 247 g/mol. The maximum Gasteiger partial charge on any atom is 0.166 e. The van der Waals surface area contributed by atoms with E-state index >= 15 is 0 Å². The zero-order valence-electron chi connectivity index (χ0n) is 6.93. The van der Waals surface area contributed by atoms with Crippen LogP contribution in [0.15, 0.2) is 24.3 Å². The van der Waals surface area contributed by atoms with Crippen molar-refractivity contribution in [1.29, 1.82) is 0 Å². The molecule has 3 heteroatoms. The van der Waals surface area contributed by atoms with Crippen LogP contribution < -0.4 is 0 Å². The Hall–Kier alpha value is -0.700. The third kappa shape index (κ3) is 2.92. The van der Waals surface area contributed by atoms with Crippen LogP contribution in [0, 0.1) is 11.6 Å². The van der Waals surface area contributed by atoms with Gasteiger partial charge in [-0.2, -0.15) is 0 Å². The second-order valence-corrected chi connectivity index (χ2v) is 3.32. The number of halogens is 3. The highest BCUT2D eigenvalue weighted by Gasteiger charge is 2.03. The largest absolute Gasteiger partial charge is 0.204 e. The summed E-state index contributed by atoms with van der Waals surface area (Å²) in [4.78, 5) is 0. The Balaban J connectivity index is 2.83. The molecule has 0 radical (unpaired) electrons. The molecule has 0 aliphatic rings. The summed E-state index contributed by atoms with van der Waals surface area (Å²) >= 11 is 3.24. The van der Waals surface area contributed by atoms with Gasteiger partial charge in [0.2, 0.25) is 0 Å². The van der Waals surface area contributed by atoms with E-state index in [1.165, 1.54) is 6.07 Å². The van der Waals surface area contributed by atoms with Crippen LogP contribution in [0.1, 0.15) is 12.0 Å². The predicted molar refractivity (Wildman–Crippen MR) is 53.8 cm³/mol. The molecule has 0 aromatic heterocycles. The Morgan fingerprint density at radius 1 is 1.31 bits per heavy atom. The van der Waals surface area contributed by atoms with Crippen molar-refractivity contribution in [2.24, 2.45) is 0 Å². The maximum atomic E-state index is 13.0. The first kappa shape index (κ1) is 10.4. The highest BCUT2D eigenvalue weighted by Crippen LogP contribution is 2.13. The van der Waals surface area contributed by atoms with Crippen molar-refractivity contribution in [2.75, 3.05) is 5.33 Å². The van der Waals surface area contributed by atoms with E-state index < -0.39 is 11.6 Å². The van der Waals surface area contributed by atoms with Crippen molar-refractivity contribution in [3.05, 3.63) is 41.5 Å². The highest BCUT2D eigenvalue weighted by molar-refractivity contribution is 9.09. The fraction of sp³-hybridized carbons (Fsp3) is 0.200. The van der Waals surface area contributed by atoms with Crippen molar-refractivity contribution in [3.63, 3.8) is 0 Å². The van der Waals surface area contributed by atoms with E-state index in [2.05, 4.69) is 15.9 Å². The van der Waals surface area contributed by atoms with E-state index in [0.717, 1.165) is 17.8 Å². The van der Waals surface area contributed by atoms with E-state index in [4.69, 9.17) is 0 Å². The van der Waals surface area contributed by atoms with Crippen molar-refractivity contribution < 1.29 is 8.78 Å². The number of hydrogen-bond acceptors (Lipinski definition) is 0. The molecule has 0 heterocycles. The van der Waals surface area contributed by atoms with Crippen LogP contribution in [0.3, 0.4) is 0 Å². The third-order valence-corrected chi connectivity index (χ3v) is 2.01. The van der Waals surface area contributed by atoms with E-state index in [1.807, 2.05) is 0 Å². The quantitative estimate of drug-likeness (QED) is 0.713. The fourth-order valence-electron chi connectivity index (χ4n) is 0.922. The minimum Gasteiger partial charge on any atom is -0.204 e. The molecule has 1 rings (SSSR count). The first-order chi connectivity index (χ1) is 6.25. The summed E-state index contributed by atoms with van der Waals surface area (Å²) in [7, 11) is 0. The predicted octanol–water partition coefficient (Wildman–Crippen LogP) is 3.76. The van der Waals surface area contributed by atoms with Crippen LogP contribution in [-0.2, 0) is 0 Å². The highest BCUT2D eigenvalue weighted by atomic mass is 79.9. The molecular formula is C10H9BrF2. The molecule has 0 bridgehead atoms. The Morgan fingerprint density at radius 2 is 2.08 bits per heavy atom. The minimum atomic E-state index is -0.805. The first-order valence-corrected chi connectivity index (χ1v) is 5.04. The van der Waals surface area contributed by atoms with Crippen molar-refractivity contribution >= 4 is 22.0 Å². The lowest BCUT2D eigenvalue weighted by Gasteiger charge is -1.96. The van der Waals surface area contributed by atoms with Gasteiger partial charge in [-0.3, -0.25) is 0 Å². The second-order valence-electron chi connectivity index (χ2n) is 2.52. The van der Waals surface area contributed by atoms with Crippen LogP contribution in [0.25, 0.3) is 6.08 Å². The number of hydrogen-bond donors (Lipinski definition) is 0. The number of benzene rings is 1. The Kier molecular flexibility index (Phi) is 4.09. The van der Waals surface area contributed by atoms with Gasteiger partial charge >= 0.3 is 0 Å². The summed E-state index contributed by atoms with van der Waals surface area (Å²) in [6.45, 7) is 0. The maximum absolute atomic E-state index is 13.0. The topological polar surface area (TPSA) is 0 Å². The summed E-state index contributed by atoms with van der Waals surface area (Å²) in [5.74, 6) is -1.59. The molecule has 0 unspecified atom stereocenters. The van der Waals surface area contributed by atoms with Gasteiger partial charge in [-0.05, 0) is 12.5 Å². The number of rotatable bonds is 3. The minimum absolute atomic E-state index is 0.293. The first-order valence-electron chi connectivity index (χ1n) is 3.92. The zero-order valence-corrected chi connectivity index (χ0v) is 8.52. The molecule has 0 spiro atoms. The van der Waals surface area contributed by atoms with Crippen LogP contribution in [-0.4, -0.2) is 5.33 Å². The van der Waals surface area contributed by atoms with Crippen LogP contribution >= 0.6 is 15.9 Å². The molecule has 0 amide bonds. The monoisotopic (exact) mass is 246 g/mol. The molecular weight excluding hydrogens is 238 g/mol. The molecule has 0 saturated carbocycles. The van der Waals surface area contributed by atoms with Gasteiger partial charge in [-0.15, -0.1) is 0 Å². The standard InChI is InChI=1S/C10H9BrF2/c11-7-2-1-4-8-5-3-6-9(12)10(8)13/h1,3-6H,2,7H2. The molecule has 0 N–H and O–H groups in total. The Labute approximate surface area is 84.4 Å². The second kappa shape index (κ2) is 5.12. The van der Waals surface area contributed by atoms with Crippen molar-refractivity contribution in [2.45, 2.75) is 6.42 Å². The molecule has 0 saturated heterocycles. The Morgan fingerprint density at radius 3 is 2.77 bits per heavy atom. The van der Waals surface area contributed by atoms with E-state index in [9.17, 15) is 8.78 Å². The van der Waals surface area contributed by atoms with Gasteiger partial charge in [-0.1, -0.05) is 40.2 Å². The fourth-order valence-corrected chi connectivity index (χ4v) is 1.19. The molecule has 0 fully saturated rings. The summed E-state index contributed by atoms with van der Waals surface area (Å²) in [6, 6.07) is 4.15. The van der Waals surface area contributed by atoms with Gasteiger partial charge in [0.05, 0.1) is 0 Å². The lowest BCUT2D eigenvalue weighted by Crippen LogP contribution is -1.86. The molecule has 70 valence electrons. The smallest absolute Gasteiger partial charge is 0.166 e. The van der Waals surface area contributed by atoms with Gasteiger partial charge in [-0.25, -0.2) is 8.78 Å². The van der Waals surface area contributed by atoms with Gasteiger partial charge in [0.1, 0.15) is 0 Å². The molecule has 0 atom stereocenters.